The van der Waals surface area contributed by atoms with E-state index in [-0.39, 0.29) is 0 Å². The molecule has 23 heavy (non-hydrogen) atoms. The van der Waals surface area contributed by atoms with Crippen LogP contribution < -0.4 is 0 Å². The van der Waals surface area contributed by atoms with Gasteiger partial charge < -0.3 is 5.11 Å². The van der Waals surface area contributed by atoms with Crippen molar-refractivity contribution in [2.45, 2.75) is 12.0 Å². The molecule has 0 saturated heterocycles. The van der Waals surface area contributed by atoms with Crippen molar-refractivity contribution < 1.29 is 5.11 Å². The Morgan fingerprint density at radius 3 is 1.52 bits per heavy atom. The molecule has 3 aromatic carbocycles. The van der Waals surface area contributed by atoms with Crippen LogP contribution in [0.3, 0.4) is 0 Å². The maximum absolute atomic E-state index is 11.5. The van der Waals surface area contributed by atoms with Crippen LogP contribution in [0, 0.1) is 0 Å². The highest BCUT2D eigenvalue weighted by atomic mass is 35.5. The van der Waals surface area contributed by atoms with Gasteiger partial charge in [-0.25, -0.2) is 0 Å². The van der Waals surface area contributed by atoms with Crippen LogP contribution in [0.15, 0.2) is 78.9 Å². The van der Waals surface area contributed by atoms with Gasteiger partial charge in [0.05, 0.1) is 0 Å². The van der Waals surface area contributed by atoms with Crippen molar-refractivity contribution >= 4 is 23.2 Å². The van der Waals surface area contributed by atoms with Crippen LogP contribution in [-0.4, -0.2) is 5.11 Å². The van der Waals surface area contributed by atoms with E-state index in [1.54, 1.807) is 24.3 Å². The molecule has 3 rings (SSSR count). The summed E-state index contributed by atoms with van der Waals surface area (Å²) in [5.41, 5.74) is 1.51. The molecule has 0 aromatic heterocycles. The second kappa shape index (κ2) is 6.76. The standard InChI is InChI=1S/C20H16Cl2O/c21-18-10-6-16(7-11-18)20(23,14-15-4-2-1-3-5-15)17-8-12-19(22)13-9-17/h1-13,23H,14H2. The molecular weight excluding hydrogens is 327 g/mol. The summed E-state index contributed by atoms with van der Waals surface area (Å²) >= 11 is 12.0. The summed E-state index contributed by atoms with van der Waals surface area (Å²) < 4.78 is 0. The first-order chi connectivity index (χ1) is 11.1. The first kappa shape index (κ1) is 16.1. The van der Waals surface area contributed by atoms with Crippen molar-refractivity contribution in [1.29, 1.82) is 0 Å². The molecule has 0 radical (unpaired) electrons. The van der Waals surface area contributed by atoms with E-state index in [0.29, 0.717) is 16.5 Å². The SMILES string of the molecule is OC(Cc1ccccc1)(c1ccc(Cl)cc1)c1ccc(Cl)cc1. The largest absolute Gasteiger partial charge is 0.380 e. The fraction of sp³-hybridized carbons (Fsp3) is 0.100. The smallest absolute Gasteiger partial charge is 0.119 e. The first-order valence-electron chi connectivity index (χ1n) is 7.36. The lowest BCUT2D eigenvalue weighted by Crippen LogP contribution is -2.30. The maximum atomic E-state index is 11.5. The Hall–Kier alpha value is -1.80. The van der Waals surface area contributed by atoms with Gasteiger partial charge >= 0.3 is 0 Å². The summed E-state index contributed by atoms with van der Waals surface area (Å²) in [6.07, 6.45) is 0.469. The van der Waals surface area contributed by atoms with Crippen LogP contribution in [0.25, 0.3) is 0 Å². The van der Waals surface area contributed by atoms with Gasteiger partial charge in [-0.2, -0.15) is 0 Å². The van der Waals surface area contributed by atoms with E-state index in [0.717, 1.165) is 16.7 Å². The number of aliphatic hydroxyl groups is 1. The molecule has 1 N–H and O–H groups in total. The summed E-state index contributed by atoms with van der Waals surface area (Å²) in [6, 6.07) is 24.6. The van der Waals surface area contributed by atoms with Crippen LogP contribution in [0.2, 0.25) is 10.0 Å². The van der Waals surface area contributed by atoms with Gasteiger partial charge in [0.1, 0.15) is 5.60 Å². The number of hydrogen-bond acceptors (Lipinski definition) is 1. The lowest BCUT2D eigenvalue weighted by atomic mass is 9.81. The van der Waals surface area contributed by atoms with Crippen molar-refractivity contribution in [2.24, 2.45) is 0 Å². The molecule has 0 heterocycles. The molecule has 3 aromatic rings. The van der Waals surface area contributed by atoms with Gasteiger partial charge in [0, 0.05) is 16.5 Å². The second-order valence-electron chi connectivity index (χ2n) is 5.54. The molecule has 3 heteroatoms. The highest BCUT2D eigenvalue weighted by Crippen LogP contribution is 2.34. The van der Waals surface area contributed by atoms with Crippen LogP contribution >= 0.6 is 23.2 Å². The molecule has 0 bridgehead atoms. The minimum Gasteiger partial charge on any atom is -0.380 e. The monoisotopic (exact) mass is 342 g/mol. The third-order valence-electron chi connectivity index (χ3n) is 3.95. The van der Waals surface area contributed by atoms with Crippen LogP contribution in [0.4, 0.5) is 0 Å². The lowest BCUT2D eigenvalue weighted by molar-refractivity contribution is 0.0811. The maximum Gasteiger partial charge on any atom is 0.119 e. The summed E-state index contributed by atoms with van der Waals surface area (Å²) in [5, 5.41) is 12.8. The molecule has 0 aliphatic rings. The van der Waals surface area contributed by atoms with Crippen molar-refractivity contribution in [3.63, 3.8) is 0 Å². The third-order valence-corrected chi connectivity index (χ3v) is 4.45. The van der Waals surface area contributed by atoms with Gasteiger partial charge in [-0.15, -0.1) is 0 Å². The number of benzene rings is 3. The first-order valence-corrected chi connectivity index (χ1v) is 8.12. The molecule has 1 nitrogen and oxygen atoms in total. The topological polar surface area (TPSA) is 20.2 Å². The van der Waals surface area contributed by atoms with E-state index in [9.17, 15) is 5.11 Å². The average molecular weight is 343 g/mol. The Kier molecular flexibility index (Phi) is 4.72. The van der Waals surface area contributed by atoms with Crippen molar-refractivity contribution in [2.75, 3.05) is 0 Å². The van der Waals surface area contributed by atoms with E-state index in [1.807, 2.05) is 54.6 Å². The van der Waals surface area contributed by atoms with Crippen LogP contribution in [0.1, 0.15) is 16.7 Å². The third kappa shape index (κ3) is 3.59. The molecule has 0 amide bonds. The molecular formula is C20H16Cl2O. The highest BCUT2D eigenvalue weighted by Gasteiger charge is 2.31. The minimum atomic E-state index is -1.14. The normalized spacial score (nSPS) is 11.4. The summed E-state index contributed by atoms with van der Waals surface area (Å²) in [6.45, 7) is 0. The Morgan fingerprint density at radius 2 is 1.09 bits per heavy atom. The number of hydrogen-bond donors (Lipinski definition) is 1. The van der Waals surface area contributed by atoms with E-state index in [2.05, 4.69) is 0 Å². The van der Waals surface area contributed by atoms with Gasteiger partial charge in [0.25, 0.3) is 0 Å². The van der Waals surface area contributed by atoms with Crippen LogP contribution in [0.5, 0.6) is 0 Å². The average Bonchev–Trinajstić information content (AvgIpc) is 2.57. The number of halogens is 2. The van der Waals surface area contributed by atoms with Gasteiger partial charge in [-0.1, -0.05) is 77.8 Å². The van der Waals surface area contributed by atoms with Crippen LogP contribution in [-0.2, 0) is 12.0 Å². The van der Waals surface area contributed by atoms with E-state index in [1.165, 1.54) is 0 Å². The zero-order chi connectivity index (χ0) is 16.3. The molecule has 116 valence electrons. The van der Waals surface area contributed by atoms with Gasteiger partial charge in [-0.3, -0.25) is 0 Å². The van der Waals surface area contributed by atoms with E-state index < -0.39 is 5.60 Å². The van der Waals surface area contributed by atoms with E-state index in [4.69, 9.17) is 23.2 Å². The summed E-state index contributed by atoms with van der Waals surface area (Å²) in [4.78, 5) is 0. The Balaban J connectivity index is 2.08. The van der Waals surface area contributed by atoms with Crippen molar-refractivity contribution in [3.05, 3.63) is 106 Å². The fourth-order valence-corrected chi connectivity index (χ4v) is 2.97. The Bertz CT molecular complexity index is 720. The molecule has 0 saturated carbocycles. The lowest BCUT2D eigenvalue weighted by Gasteiger charge is -2.30. The number of rotatable bonds is 4. The van der Waals surface area contributed by atoms with Gasteiger partial charge in [0.2, 0.25) is 0 Å². The molecule has 0 aliphatic carbocycles. The second-order valence-corrected chi connectivity index (χ2v) is 6.41. The molecule has 0 fully saturated rings. The van der Waals surface area contributed by atoms with Gasteiger partial charge in [-0.05, 0) is 41.0 Å². The molecule has 0 spiro atoms. The quantitative estimate of drug-likeness (QED) is 0.666. The Morgan fingerprint density at radius 1 is 0.652 bits per heavy atom. The zero-order valence-corrected chi connectivity index (χ0v) is 13.9. The van der Waals surface area contributed by atoms with Crippen molar-refractivity contribution in [1.82, 2.24) is 0 Å². The minimum absolute atomic E-state index is 0.469. The van der Waals surface area contributed by atoms with Crippen molar-refractivity contribution in [3.8, 4) is 0 Å². The summed E-state index contributed by atoms with van der Waals surface area (Å²) in [7, 11) is 0. The predicted octanol–water partition coefficient (Wildman–Crippen LogP) is 5.47. The highest BCUT2D eigenvalue weighted by molar-refractivity contribution is 6.30. The van der Waals surface area contributed by atoms with E-state index >= 15 is 0 Å². The summed E-state index contributed by atoms with van der Waals surface area (Å²) in [5.74, 6) is 0. The molecule has 0 aliphatic heterocycles. The molecule has 0 unspecified atom stereocenters. The molecule has 0 atom stereocenters. The fourth-order valence-electron chi connectivity index (χ4n) is 2.71. The predicted molar refractivity (Wildman–Crippen MR) is 96.0 cm³/mol. The Labute approximate surface area is 146 Å². The zero-order valence-electron chi connectivity index (χ0n) is 12.4. The van der Waals surface area contributed by atoms with Gasteiger partial charge in [0.15, 0.2) is 0 Å².